The lowest BCUT2D eigenvalue weighted by molar-refractivity contribution is 0.209. The van der Waals surface area contributed by atoms with Crippen LogP contribution in [0.15, 0.2) is 40.6 Å². The highest BCUT2D eigenvalue weighted by atomic mass is 32.2. The van der Waals surface area contributed by atoms with Gasteiger partial charge in [-0.05, 0) is 31.6 Å². The highest BCUT2D eigenvalue weighted by Gasteiger charge is 2.01. The molecule has 0 unspecified atom stereocenters. The number of rotatable bonds is 6. The molecule has 0 aliphatic heterocycles. The molecule has 17 heavy (non-hydrogen) atoms. The predicted molar refractivity (Wildman–Crippen MR) is 72.3 cm³/mol. The molecule has 0 aromatic heterocycles. The van der Waals surface area contributed by atoms with E-state index in [-0.39, 0.29) is 0 Å². The van der Waals surface area contributed by atoms with Crippen molar-refractivity contribution >= 4 is 10.8 Å². The number of hydrogen-bond donors (Lipinski definition) is 1. The molecule has 94 valence electrons. The second kappa shape index (κ2) is 7.41. The van der Waals surface area contributed by atoms with Gasteiger partial charge in [-0.2, -0.15) is 0 Å². The molecule has 0 heterocycles. The summed E-state index contributed by atoms with van der Waals surface area (Å²) in [6, 6.07) is 7.59. The summed E-state index contributed by atoms with van der Waals surface area (Å²) in [4.78, 5) is 0.773. The minimum Gasteiger partial charge on any atom is -0.389 e. The highest BCUT2D eigenvalue weighted by molar-refractivity contribution is 7.88. The molecule has 3 heteroatoms. The standard InChI is InChI=1S/C14H20O2S/c1-3-4-5-13(15)10-11-17(16)14-8-6-12(2)7-9-14/h6-11,13,15H,3-5H2,1-2H3/b11-10-/t13-,17-/m1/s1. The summed E-state index contributed by atoms with van der Waals surface area (Å²) in [6.45, 7) is 4.08. The summed E-state index contributed by atoms with van der Waals surface area (Å²) in [7, 11) is -1.16. The molecule has 2 nitrogen and oxygen atoms in total. The molecule has 0 amide bonds. The van der Waals surface area contributed by atoms with Gasteiger partial charge in [0.05, 0.1) is 16.9 Å². The van der Waals surface area contributed by atoms with Crippen molar-refractivity contribution in [2.45, 2.75) is 44.1 Å². The Kier molecular flexibility index (Phi) is 6.16. The van der Waals surface area contributed by atoms with E-state index < -0.39 is 16.9 Å². The third kappa shape index (κ3) is 5.29. The van der Waals surface area contributed by atoms with Crippen LogP contribution in [0.1, 0.15) is 31.7 Å². The van der Waals surface area contributed by atoms with Crippen LogP contribution in [0.3, 0.4) is 0 Å². The number of hydrogen-bond acceptors (Lipinski definition) is 2. The highest BCUT2D eigenvalue weighted by Crippen LogP contribution is 2.10. The molecule has 1 N–H and O–H groups in total. The second-order valence-electron chi connectivity index (χ2n) is 4.15. The van der Waals surface area contributed by atoms with Crippen molar-refractivity contribution in [2.75, 3.05) is 0 Å². The van der Waals surface area contributed by atoms with Crippen molar-refractivity contribution < 1.29 is 9.32 Å². The lowest BCUT2D eigenvalue weighted by Crippen LogP contribution is -2.01. The van der Waals surface area contributed by atoms with Crippen molar-refractivity contribution in [3.05, 3.63) is 41.3 Å². The van der Waals surface area contributed by atoms with Gasteiger partial charge < -0.3 is 5.11 Å². The summed E-state index contributed by atoms with van der Waals surface area (Å²) >= 11 is 0. The Bertz CT molecular complexity index is 382. The van der Waals surface area contributed by atoms with Crippen LogP contribution in [0.4, 0.5) is 0 Å². The topological polar surface area (TPSA) is 37.3 Å². The molecule has 1 aromatic carbocycles. The van der Waals surface area contributed by atoms with Crippen LogP contribution in [0.25, 0.3) is 0 Å². The zero-order valence-electron chi connectivity index (χ0n) is 10.4. The molecule has 0 aliphatic carbocycles. The Balaban J connectivity index is 2.53. The molecule has 1 aromatic rings. The van der Waals surface area contributed by atoms with Gasteiger partial charge in [-0.15, -0.1) is 0 Å². The molecular weight excluding hydrogens is 232 g/mol. The van der Waals surface area contributed by atoms with Crippen LogP contribution < -0.4 is 0 Å². The lowest BCUT2D eigenvalue weighted by atomic mass is 10.2. The Labute approximate surface area is 106 Å². The smallest absolute Gasteiger partial charge is 0.0773 e. The van der Waals surface area contributed by atoms with Gasteiger partial charge in [0.2, 0.25) is 0 Å². The predicted octanol–water partition coefficient (Wildman–Crippen LogP) is 3.17. The minimum atomic E-state index is -1.16. The van der Waals surface area contributed by atoms with Gasteiger partial charge in [0, 0.05) is 10.3 Å². The Morgan fingerprint density at radius 1 is 1.35 bits per heavy atom. The molecule has 0 radical (unpaired) electrons. The van der Waals surface area contributed by atoms with E-state index in [1.54, 1.807) is 11.5 Å². The van der Waals surface area contributed by atoms with Gasteiger partial charge in [0.25, 0.3) is 0 Å². The van der Waals surface area contributed by atoms with E-state index in [1.807, 2.05) is 31.2 Å². The number of unbranched alkanes of at least 4 members (excludes halogenated alkanes) is 1. The van der Waals surface area contributed by atoms with E-state index in [9.17, 15) is 9.32 Å². The maximum absolute atomic E-state index is 11.8. The van der Waals surface area contributed by atoms with Crippen molar-refractivity contribution in [3.63, 3.8) is 0 Å². The van der Waals surface area contributed by atoms with Crippen LogP contribution in [0.5, 0.6) is 0 Å². The fourth-order valence-electron chi connectivity index (χ4n) is 1.42. The maximum atomic E-state index is 11.8. The van der Waals surface area contributed by atoms with E-state index in [2.05, 4.69) is 6.92 Å². The third-order valence-electron chi connectivity index (χ3n) is 2.53. The first-order chi connectivity index (χ1) is 8.13. The van der Waals surface area contributed by atoms with Gasteiger partial charge in [-0.1, -0.05) is 37.5 Å². The number of benzene rings is 1. The summed E-state index contributed by atoms with van der Waals surface area (Å²) in [5.74, 6) is 0. The number of aliphatic hydroxyl groups excluding tert-OH is 1. The first-order valence-corrected chi connectivity index (χ1v) is 7.18. The Morgan fingerprint density at radius 3 is 2.59 bits per heavy atom. The molecule has 0 aliphatic rings. The van der Waals surface area contributed by atoms with Crippen LogP contribution in [-0.4, -0.2) is 15.4 Å². The minimum absolute atomic E-state index is 0.482. The summed E-state index contributed by atoms with van der Waals surface area (Å²) in [5, 5.41) is 11.2. The molecule has 0 saturated carbocycles. The molecule has 0 bridgehead atoms. The van der Waals surface area contributed by atoms with E-state index in [0.717, 1.165) is 29.7 Å². The average molecular weight is 252 g/mol. The van der Waals surface area contributed by atoms with E-state index >= 15 is 0 Å². The Hall–Kier alpha value is -0.930. The van der Waals surface area contributed by atoms with Crippen molar-refractivity contribution in [2.24, 2.45) is 0 Å². The van der Waals surface area contributed by atoms with Crippen LogP contribution >= 0.6 is 0 Å². The first kappa shape index (κ1) is 14.1. The van der Waals surface area contributed by atoms with Crippen molar-refractivity contribution in [1.29, 1.82) is 0 Å². The number of aliphatic hydroxyl groups is 1. The lowest BCUT2D eigenvalue weighted by Gasteiger charge is -2.03. The van der Waals surface area contributed by atoms with Gasteiger partial charge >= 0.3 is 0 Å². The molecule has 1 rings (SSSR count). The largest absolute Gasteiger partial charge is 0.389 e. The second-order valence-corrected chi connectivity index (χ2v) is 5.49. The van der Waals surface area contributed by atoms with Gasteiger partial charge in [-0.25, -0.2) is 4.21 Å². The quantitative estimate of drug-likeness (QED) is 0.844. The zero-order chi connectivity index (χ0) is 12.7. The summed E-state index contributed by atoms with van der Waals surface area (Å²) < 4.78 is 11.8. The SMILES string of the molecule is CCCC[C@@H](O)/C=C\[S@@](=O)c1ccc(C)cc1. The van der Waals surface area contributed by atoms with Crippen LogP contribution in [-0.2, 0) is 10.8 Å². The normalized spacial score (nSPS) is 15.0. The molecule has 0 spiro atoms. The van der Waals surface area contributed by atoms with Crippen molar-refractivity contribution in [3.8, 4) is 0 Å². The Morgan fingerprint density at radius 2 is 2.00 bits per heavy atom. The molecule has 0 saturated heterocycles. The third-order valence-corrected chi connectivity index (χ3v) is 3.67. The van der Waals surface area contributed by atoms with Gasteiger partial charge in [0.15, 0.2) is 0 Å². The fraction of sp³-hybridized carbons (Fsp3) is 0.429. The van der Waals surface area contributed by atoms with Gasteiger partial charge in [-0.3, -0.25) is 0 Å². The van der Waals surface area contributed by atoms with Crippen LogP contribution in [0.2, 0.25) is 0 Å². The maximum Gasteiger partial charge on any atom is 0.0773 e. The number of aryl methyl sites for hydroxylation is 1. The summed E-state index contributed by atoms with van der Waals surface area (Å²) in [6.07, 6.45) is 3.93. The van der Waals surface area contributed by atoms with E-state index in [0.29, 0.717) is 0 Å². The summed E-state index contributed by atoms with van der Waals surface area (Å²) in [5.41, 5.74) is 1.15. The molecular formula is C14H20O2S. The van der Waals surface area contributed by atoms with E-state index in [1.165, 1.54) is 0 Å². The first-order valence-electron chi connectivity index (χ1n) is 5.97. The van der Waals surface area contributed by atoms with Crippen molar-refractivity contribution in [1.82, 2.24) is 0 Å². The van der Waals surface area contributed by atoms with E-state index in [4.69, 9.17) is 0 Å². The monoisotopic (exact) mass is 252 g/mol. The van der Waals surface area contributed by atoms with Crippen LogP contribution in [0, 0.1) is 6.92 Å². The fourth-order valence-corrected chi connectivity index (χ4v) is 2.31. The zero-order valence-corrected chi connectivity index (χ0v) is 11.2. The molecule has 0 fully saturated rings. The molecule has 2 atom stereocenters. The average Bonchev–Trinajstić information content (AvgIpc) is 2.34. The van der Waals surface area contributed by atoms with Gasteiger partial charge in [0.1, 0.15) is 0 Å².